The maximum atomic E-state index is 12.3. The SMILES string of the molecule is CC(C)(C)c1ccc(C(N)=NOC(=O)c2cncc(C#Cc3ccccc3)c2)cc1. The summed E-state index contributed by atoms with van der Waals surface area (Å²) in [5, 5.41) is 3.77. The van der Waals surface area contributed by atoms with E-state index in [1.165, 1.54) is 11.8 Å². The Morgan fingerprint density at radius 3 is 2.27 bits per heavy atom. The van der Waals surface area contributed by atoms with Gasteiger partial charge in [-0.25, -0.2) is 4.79 Å². The summed E-state index contributed by atoms with van der Waals surface area (Å²) in [6, 6.07) is 18.8. The lowest BCUT2D eigenvalue weighted by molar-refractivity contribution is 0.0515. The van der Waals surface area contributed by atoms with Gasteiger partial charge in [0.05, 0.1) is 5.56 Å². The summed E-state index contributed by atoms with van der Waals surface area (Å²) in [7, 11) is 0. The molecule has 1 heterocycles. The number of aromatic nitrogens is 1. The number of nitrogens with zero attached hydrogens (tertiary/aromatic N) is 2. The maximum Gasteiger partial charge on any atom is 0.367 e. The molecule has 0 saturated heterocycles. The van der Waals surface area contributed by atoms with Gasteiger partial charge < -0.3 is 10.6 Å². The average Bonchev–Trinajstić information content (AvgIpc) is 2.76. The second-order valence-corrected chi connectivity index (χ2v) is 7.76. The largest absolute Gasteiger partial charge is 0.380 e. The second-order valence-electron chi connectivity index (χ2n) is 7.76. The van der Waals surface area contributed by atoms with Crippen molar-refractivity contribution in [3.05, 3.63) is 101 Å². The van der Waals surface area contributed by atoms with E-state index in [1.807, 2.05) is 54.6 Å². The third-order valence-electron chi connectivity index (χ3n) is 4.37. The standard InChI is InChI=1S/C25H23N3O2/c1-25(2,3)22-13-11-20(12-14-22)23(26)28-30-24(29)21-15-19(16-27-17-21)10-9-18-7-5-4-6-8-18/h4-8,11-17H,1-3H3,(H2,26,28). The van der Waals surface area contributed by atoms with Crippen LogP contribution in [0.4, 0.5) is 0 Å². The third-order valence-corrected chi connectivity index (χ3v) is 4.37. The van der Waals surface area contributed by atoms with Crippen LogP contribution in [0.2, 0.25) is 0 Å². The molecule has 0 saturated carbocycles. The predicted molar refractivity (Wildman–Crippen MR) is 118 cm³/mol. The van der Waals surface area contributed by atoms with E-state index in [0.717, 1.165) is 5.56 Å². The molecular formula is C25H23N3O2. The Hall–Kier alpha value is -3.91. The van der Waals surface area contributed by atoms with Crippen LogP contribution in [0.1, 0.15) is 53.4 Å². The molecule has 0 spiro atoms. The Balaban J connectivity index is 1.69. The molecule has 0 fully saturated rings. The number of carbonyl (C=O) groups is 1. The quantitative estimate of drug-likeness (QED) is 0.236. The van der Waals surface area contributed by atoms with Crippen LogP contribution in [0.3, 0.4) is 0 Å². The lowest BCUT2D eigenvalue weighted by Crippen LogP contribution is -2.16. The van der Waals surface area contributed by atoms with Gasteiger partial charge in [0, 0.05) is 29.1 Å². The molecule has 0 amide bonds. The minimum Gasteiger partial charge on any atom is -0.380 e. The molecule has 0 bridgehead atoms. The van der Waals surface area contributed by atoms with Crippen LogP contribution in [0.15, 0.2) is 78.2 Å². The molecule has 0 aliphatic carbocycles. The highest BCUT2D eigenvalue weighted by Crippen LogP contribution is 2.22. The van der Waals surface area contributed by atoms with Gasteiger partial charge in [0.15, 0.2) is 5.84 Å². The summed E-state index contributed by atoms with van der Waals surface area (Å²) in [5.41, 5.74) is 9.57. The average molecular weight is 397 g/mol. The molecule has 0 aliphatic rings. The van der Waals surface area contributed by atoms with Gasteiger partial charge in [-0.1, -0.05) is 80.2 Å². The molecule has 3 rings (SSSR count). The van der Waals surface area contributed by atoms with Gasteiger partial charge in [-0.05, 0) is 29.2 Å². The molecule has 5 nitrogen and oxygen atoms in total. The zero-order chi connectivity index (χ0) is 21.6. The zero-order valence-corrected chi connectivity index (χ0v) is 17.2. The van der Waals surface area contributed by atoms with Crippen molar-refractivity contribution in [2.24, 2.45) is 10.9 Å². The van der Waals surface area contributed by atoms with E-state index >= 15 is 0 Å². The first kappa shape index (κ1) is 20.8. The van der Waals surface area contributed by atoms with Gasteiger partial charge in [-0.2, -0.15) is 0 Å². The van der Waals surface area contributed by atoms with E-state index in [4.69, 9.17) is 10.6 Å². The van der Waals surface area contributed by atoms with Crippen LogP contribution in [0.25, 0.3) is 0 Å². The van der Waals surface area contributed by atoms with E-state index in [0.29, 0.717) is 11.1 Å². The number of carbonyl (C=O) groups excluding carboxylic acids is 1. The second kappa shape index (κ2) is 9.06. The van der Waals surface area contributed by atoms with Gasteiger partial charge in [0.2, 0.25) is 0 Å². The molecule has 5 heteroatoms. The lowest BCUT2D eigenvalue weighted by atomic mass is 9.87. The molecular weight excluding hydrogens is 374 g/mol. The Morgan fingerprint density at radius 1 is 0.933 bits per heavy atom. The van der Waals surface area contributed by atoms with Gasteiger partial charge in [0.1, 0.15) is 0 Å². The van der Waals surface area contributed by atoms with E-state index in [9.17, 15) is 4.79 Å². The van der Waals surface area contributed by atoms with Crippen molar-refractivity contribution in [1.82, 2.24) is 4.98 Å². The van der Waals surface area contributed by atoms with Crippen molar-refractivity contribution in [2.75, 3.05) is 0 Å². The molecule has 150 valence electrons. The zero-order valence-electron chi connectivity index (χ0n) is 17.2. The molecule has 0 atom stereocenters. The highest BCUT2D eigenvalue weighted by atomic mass is 16.7. The fraction of sp³-hybridized carbons (Fsp3) is 0.160. The summed E-state index contributed by atoms with van der Waals surface area (Å²) < 4.78 is 0. The first-order chi connectivity index (χ1) is 14.3. The first-order valence-corrected chi connectivity index (χ1v) is 9.51. The van der Waals surface area contributed by atoms with Crippen LogP contribution in [-0.4, -0.2) is 16.8 Å². The number of oxime groups is 1. The molecule has 0 unspecified atom stereocenters. The van der Waals surface area contributed by atoms with Crippen LogP contribution in [0.5, 0.6) is 0 Å². The van der Waals surface area contributed by atoms with Gasteiger partial charge >= 0.3 is 5.97 Å². The fourth-order valence-corrected chi connectivity index (χ4v) is 2.62. The maximum absolute atomic E-state index is 12.3. The van der Waals surface area contributed by atoms with Crippen LogP contribution in [-0.2, 0) is 10.3 Å². The van der Waals surface area contributed by atoms with E-state index in [2.05, 4.69) is 42.8 Å². The van der Waals surface area contributed by atoms with Crippen LogP contribution < -0.4 is 5.73 Å². The number of pyridine rings is 1. The lowest BCUT2D eigenvalue weighted by Gasteiger charge is -2.18. The Kier molecular flexibility index (Phi) is 6.29. The predicted octanol–water partition coefficient (Wildman–Crippen LogP) is 4.26. The Bertz CT molecular complexity index is 1120. The minimum absolute atomic E-state index is 0.0400. The first-order valence-electron chi connectivity index (χ1n) is 9.51. The number of hydrogen-bond acceptors (Lipinski definition) is 4. The number of hydrogen-bond donors (Lipinski definition) is 1. The number of benzene rings is 2. The topological polar surface area (TPSA) is 77.6 Å². The summed E-state index contributed by atoms with van der Waals surface area (Å²) in [4.78, 5) is 21.4. The summed E-state index contributed by atoms with van der Waals surface area (Å²) in [6.07, 6.45) is 2.99. The number of rotatable bonds is 3. The van der Waals surface area contributed by atoms with Gasteiger partial charge in [-0.15, -0.1) is 0 Å². The molecule has 0 aliphatic heterocycles. The summed E-state index contributed by atoms with van der Waals surface area (Å²) in [5.74, 6) is 5.48. The monoisotopic (exact) mass is 397 g/mol. The highest BCUT2D eigenvalue weighted by molar-refractivity contribution is 5.98. The molecule has 3 aromatic rings. The van der Waals surface area contributed by atoms with Crippen LogP contribution >= 0.6 is 0 Å². The van der Waals surface area contributed by atoms with Crippen molar-refractivity contribution in [3.8, 4) is 11.8 Å². The van der Waals surface area contributed by atoms with Crippen molar-refractivity contribution < 1.29 is 9.63 Å². The third kappa shape index (κ3) is 5.55. The molecule has 30 heavy (non-hydrogen) atoms. The number of amidine groups is 1. The molecule has 1 aromatic heterocycles. The van der Waals surface area contributed by atoms with Crippen molar-refractivity contribution in [3.63, 3.8) is 0 Å². The molecule has 0 radical (unpaired) electrons. The van der Waals surface area contributed by atoms with Gasteiger partial charge in [-0.3, -0.25) is 4.98 Å². The normalized spacial score (nSPS) is 11.4. The summed E-state index contributed by atoms with van der Waals surface area (Å²) >= 11 is 0. The summed E-state index contributed by atoms with van der Waals surface area (Å²) in [6.45, 7) is 6.40. The Labute approximate surface area is 176 Å². The highest BCUT2D eigenvalue weighted by Gasteiger charge is 2.14. The van der Waals surface area contributed by atoms with E-state index in [-0.39, 0.29) is 16.8 Å². The van der Waals surface area contributed by atoms with Crippen LogP contribution in [0, 0.1) is 11.8 Å². The van der Waals surface area contributed by atoms with E-state index < -0.39 is 5.97 Å². The van der Waals surface area contributed by atoms with Crippen molar-refractivity contribution >= 4 is 11.8 Å². The fourth-order valence-electron chi connectivity index (χ4n) is 2.62. The van der Waals surface area contributed by atoms with Crippen molar-refractivity contribution in [2.45, 2.75) is 26.2 Å². The molecule has 2 N–H and O–H groups in total. The number of nitrogens with two attached hydrogens (primary N) is 1. The smallest absolute Gasteiger partial charge is 0.367 e. The van der Waals surface area contributed by atoms with E-state index in [1.54, 1.807) is 12.3 Å². The molecule has 2 aromatic carbocycles. The van der Waals surface area contributed by atoms with Crippen molar-refractivity contribution in [1.29, 1.82) is 0 Å². The Morgan fingerprint density at radius 2 is 1.60 bits per heavy atom. The minimum atomic E-state index is -0.653. The van der Waals surface area contributed by atoms with Gasteiger partial charge in [0.25, 0.3) is 0 Å².